The van der Waals surface area contributed by atoms with Crippen molar-refractivity contribution in [2.24, 2.45) is 0 Å². The summed E-state index contributed by atoms with van der Waals surface area (Å²) in [4.78, 5) is 0. The van der Waals surface area contributed by atoms with Crippen LogP contribution in [0.25, 0.3) is 21.5 Å². The van der Waals surface area contributed by atoms with E-state index in [4.69, 9.17) is 0 Å². The van der Waals surface area contributed by atoms with Gasteiger partial charge in [0, 0.05) is 0 Å². The molecule has 116 valence electrons. The summed E-state index contributed by atoms with van der Waals surface area (Å²) in [5, 5.41) is 5.32. The molecule has 0 saturated carbocycles. The standard InChI is InChI=1S/2C9H7.2C2H5.Zr/c2*1-2-5-9-7-3-6-8(9)4-1;2*1-2;/h2*1-7H;2*1H2,2H3;/q4*-1;+4. The van der Waals surface area contributed by atoms with Gasteiger partial charge in [-0.3, -0.25) is 0 Å². The molecule has 0 fully saturated rings. The summed E-state index contributed by atoms with van der Waals surface area (Å²) in [6, 6.07) is 29.3. The molecule has 0 atom stereocenters. The molecular weight excluding hydrogens is 355 g/mol. The van der Waals surface area contributed by atoms with Crippen molar-refractivity contribution >= 4 is 21.5 Å². The van der Waals surface area contributed by atoms with Gasteiger partial charge in [-0.2, -0.15) is 48.9 Å². The zero-order valence-electron chi connectivity index (χ0n) is 14.0. The summed E-state index contributed by atoms with van der Waals surface area (Å²) >= 11 is 0. The van der Waals surface area contributed by atoms with Gasteiger partial charge in [-0.15, -0.1) is 59.3 Å². The Morgan fingerprint density at radius 3 is 1.26 bits per heavy atom. The van der Waals surface area contributed by atoms with Gasteiger partial charge < -0.3 is 13.8 Å². The summed E-state index contributed by atoms with van der Waals surface area (Å²) < 4.78 is 0. The number of hydrogen-bond acceptors (Lipinski definition) is 0. The van der Waals surface area contributed by atoms with Crippen LogP contribution in [0.3, 0.4) is 0 Å². The van der Waals surface area contributed by atoms with E-state index >= 15 is 0 Å². The van der Waals surface area contributed by atoms with Gasteiger partial charge in [0.25, 0.3) is 0 Å². The Bertz CT molecular complexity index is 620. The Labute approximate surface area is 160 Å². The fraction of sp³-hybridized carbons (Fsp3) is 0.0909. The number of benzene rings is 2. The molecule has 0 N–H and O–H groups in total. The molecule has 0 amide bonds. The Morgan fingerprint density at radius 2 is 0.913 bits per heavy atom. The van der Waals surface area contributed by atoms with E-state index in [9.17, 15) is 0 Å². The van der Waals surface area contributed by atoms with Crippen molar-refractivity contribution in [2.75, 3.05) is 0 Å². The van der Waals surface area contributed by atoms with Crippen LogP contribution < -0.4 is 0 Å². The van der Waals surface area contributed by atoms with E-state index in [1.807, 2.05) is 0 Å². The van der Waals surface area contributed by atoms with Crippen LogP contribution in [0.1, 0.15) is 13.8 Å². The maximum absolute atomic E-state index is 3.25. The second-order valence-corrected chi connectivity index (χ2v) is 4.31. The number of hydrogen-bond donors (Lipinski definition) is 0. The molecule has 4 aromatic rings. The van der Waals surface area contributed by atoms with Gasteiger partial charge in [-0.25, -0.2) is 0 Å². The van der Waals surface area contributed by atoms with Crippen molar-refractivity contribution in [3.8, 4) is 0 Å². The van der Waals surface area contributed by atoms with Gasteiger partial charge in [0.2, 0.25) is 0 Å². The molecule has 0 aromatic heterocycles. The monoisotopic (exact) mass is 378 g/mol. The third-order valence-electron chi connectivity index (χ3n) is 3.10. The summed E-state index contributed by atoms with van der Waals surface area (Å²) in [6.07, 6.45) is 0. The van der Waals surface area contributed by atoms with E-state index in [1.165, 1.54) is 21.5 Å². The zero-order valence-corrected chi connectivity index (χ0v) is 16.5. The van der Waals surface area contributed by atoms with Gasteiger partial charge in [0.1, 0.15) is 0 Å². The van der Waals surface area contributed by atoms with Crippen LogP contribution in [0.4, 0.5) is 0 Å². The smallest absolute Gasteiger partial charge is 0.346 e. The molecule has 0 nitrogen and oxygen atoms in total. The largest absolute Gasteiger partial charge is 4.00 e. The quantitative estimate of drug-likeness (QED) is 0.295. The fourth-order valence-corrected chi connectivity index (χ4v) is 2.14. The van der Waals surface area contributed by atoms with Crippen LogP contribution in [0, 0.1) is 13.8 Å². The number of rotatable bonds is 0. The molecular formula is C22H24Zr. The first-order valence-electron chi connectivity index (χ1n) is 7.56. The Kier molecular flexibility index (Phi) is 12.2. The van der Waals surface area contributed by atoms with Crippen molar-refractivity contribution in [3.05, 3.63) is 98.8 Å². The topological polar surface area (TPSA) is 0 Å². The SMILES string of the molecule is [CH2-]C.[CH2-]C.[Zr+4].c1ccc2[cH-]ccc2c1.c1ccc2[cH-]ccc2c1. The normalized spacial score (nSPS) is 8.52. The maximum atomic E-state index is 3.25. The molecule has 0 unspecified atom stereocenters. The minimum atomic E-state index is 0. The average molecular weight is 380 g/mol. The maximum Gasteiger partial charge on any atom is 4.00 e. The number of fused-ring (bicyclic) bond motifs is 2. The van der Waals surface area contributed by atoms with E-state index in [2.05, 4.69) is 98.8 Å². The van der Waals surface area contributed by atoms with Gasteiger partial charge >= 0.3 is 26.2 Å². The van der Waals surface area contributed by atoms with Crippen LogP contribution in [-0.4, -0.2) is 0 Å². The molecule has 0 radical (unpaired) electrons. The van der Waals surface area contributed by atoms with Gasteiger partial charge in [0.15, 0.2) is 0 Å². The fourth-order valence-electron chi connectivity index (χ4n) is 2.14. The Hall–Kier alpha value is -1.46. The van der Waals surface area contributed by atoms with Crippen LogP contribution >= 0.6 is 0 Å². The summed E-state index contributed by atoms with van der Waals surface area (Å²) in [5.74, 6) is 0. The summed E-state index contributed by atoms with van der Waals surface area (Å²) in [6.45, 7) is 10.0. The molecule has 4 aromatic carbocycles. The first kappa shape index (κ1) is 21.5. The third-order valence-corrected chi connectivity index (χ3v) is 3.10. The zero-order chi connectivity index (χ0) is 16.2. The molecule has 0 aliphatic heterocycles. The summed E-state index contributed by atoms with van der Waals surface area (Å²) in [7, 11) is 0. The van der Waals surface area contributed by atoms with Gasteiger partial charge in [-0.1, -0.05) is 12.1 Å². The predicted molar refractivity (Wildman–Crippen MR) is 101 cm³/mol. The van der Waals surface area contributed by atoms with E-state index in [1.54, 1.807) is 13.8 Å². The molecule has 0 aliphatic carbocycles. The van der Waals surface area contributed by atoms with Crippen LogP contribution in [0.2, 0.25) is 0 Å². The molecule has 0 saturated heterocycles. The molecule has 0 bridgehead atoms. The summed E-state index contributed by atoms with van der Waals surface area (Å²) in [5.41, 5.74) is 0. The van der Waals surface area contributed by atoms with Crippen molar-refractivity contribution in [1.29, 1.82) is 0 Å². The van der Waals surface area contributed by atoms with Crippen molar-refractivity contribution in [1.82, 2.24) is 0 Å². The van der Waals surface area contributed by atoms with Gasteiger partial charge in [-0.05, 0) is 0 Å². The Morgan fingerprint density at radius 1 is 0.565 bits per heavy atom. The molecule has 0 heterocycles. The first-order valence-corrected chi connectivity index (χ1v) is 7.56. The molecule has 23 heavy (non-hydrogen) atoms. The molecule has 1 heteroatoms. The third kappa shape index (κ3) is 6.67. The van der Waals surface area contributed by atoms with Crippen LogP contribution in [0.5, 0.6) is 0 Å². The van der Waals surface area contributed by atoms with Crippen molar-refractivity contribution in [3.63, 3.8) is 0 Å². The average Bonchev–Trinajstić information content (AvgIpc) is 3.28. The van der Waals surface area contributed by atoms with Crippen molar-refractivity contribution in [2.45, 2.75) is 13.8 Å². The van der Waals surface area contributed by atoms with E-state index in [-0.39, 0.29) is 26.2 Å². The molecule has 0 spiro atoms. The second kappa shape index (κ2) is 13.0. The first-order chi connectivity index (χ1) is 10.9. The Balaban J connectivity index is 0.000000335. The van der Waals surface area contributed by atoms with E-state index in [0.29, 0.717) is 0 Å². The molecule has 4 rings (SSSR count). The second-order valence-electron chi connectivity index (χ2n) is 4.31. The minimum Gasteiger partial charge on any atom is -0.346 e. The van der Waals surface area contributed by atoms with E-state index in [0.717, 1.165) is 0 Å². The van der Waals surface area contributed by atoms with E-state index < -0.39 is 0 Å². The van der Waals surface area contributed by atoms with Gasteiger partial charge in [0.05, 0.1) is 0 Å². The van der Waals surface area contributed by atoms with Crippen molar-refractivity contribution < 1.29 is 26.2 Å². The minimum absolute atomic E-state index is 0. The molecule has 0 aliphatic rings. The predicted octanol–water partition coefficient (Wildman–Crippen LogP) is 6.80. The van der Waals surface area contributed by atoms with Crippen LogP contribution in [-0.2, 0) is 26.2 Å². The van der Waals surface area contributed by atoms with Crippen LogP contribution in [0.15, 0.2) is 84.9 Å².